The van der Waals surface area contributed by atoms with Crippen molar-refractivity contribution < 1.29 is 24.2 Å². The second-order valence-corrected chi connectivity index (χ2v) is 7.05. The topological polar surface area (TPSA) is 95.9 Å². The smallest absolute Gasteiger partial charge is 0.303 e. The number of nitrogens with zero attached hydrogens (tertiary/aromatic N) is 1. The van der Waals surface area contributed by atoms with Crippen molar-refractivity contribution in [1.82, 2.24) is 10.2 Å². The molecule has 0 aromatic rings. The highest BCUT2D eigenvalue weighted by atomic mass is 16.5. The first-order valence-electron chi connectivity index (χ1n) is 8.17. The predicted molar refractivity (Wildman–Crippen MR) is 82.8 cm³/mol. The third-order valence-corrected chi connectivity index (χ3v) is 4.49. The monoisotopic (exact) mass is 326 g/mol. The van der Waals surface area contributed by atoms with E-state index in [1.807, 2.05) is 13.8 Å². The van der Waals surface area contributed by atoms with Gasteiger partial charge in [0.25, 0.3) is 0 Å². The van der Waals surface area contributed by atoms with Gasteiger partial charge in [0.2, 0.25) is 11.8 Å². The molecule has 0 radical (unpaired) electrons. The summed E-state index contributed by atoms with van der Waals surface area (Å²) in [7, 11) is 0. The number of amides is 2. The summed E-state index contributed by atoms with van der Waals surface area (Å²) in [4.78, 5) is 36.8. The van der Waals surface area contributed by atoms with Crippen LogP contribution < -0.4 is 5.32 Å². The maximum absolute atomic E-state index is 12.9. The van der Waals surface area contributed by atoms with Crippen molar-refractivity contribution in [2.24, 2.45) is 0 Å². The predicted octanol–water partition coefficient (Wildman–Crippen LogP) is 0.914. The van der Waals surface area contributed by atoms with Crippen LogP contribution >= 0.6 is 0 Å². The fourth-order valence-electron chi connectivity index (χ4n) is 3.61. The average Bonchev–Trinajstić information content (AvgIpc) is 2.75. The van der Waals surface area contributed by atoms with Crippen molar-refractivity contribution in [2.45, 2.75) is 76.7 Å². The molecule has 2 saturated heterocycles. The summed E-state index contributed by atoms with van der Waals surface area (Å²) in [6, 6.07) is -0.779. The quantitative estimate of drug-likeness (QED) is 0.783. The maximum atomic E-state index is 12.9. The van der Waals surface area contributed by atoms with Crippen LogP contribution in [-0.4, -0.2) is 58.1 Å². The first kappa shape index (κ1) is 17.7. The number of piperidine rings is 1. The van der Waals surface area contributed by atoms with E-state index in [0.29, 0.717) is 6.54 Å². The summed E-state index contributed by atoms with van der Waals surface area (Å²) >= 11 is 0. The lowest BCUT2D eigenvalue weighted by molar-refractivity contribution is -0.142. The van der Waals surface area contributed by atoms with Crippen molar-refractivity contribution in [2.75, 3.05) is 6.54 Å². The number of hydrogen-bond acceptors (Lipinski definition) is 4. The number of ether oxygens (including phenoxy) is 1. The number of aliphatic carboxylic acids is 1. The molecule has 2 rings (SSSR count). The lowest BCUT2D eigenvalue weighted by atomic mass is 9.93. The number of likely N-dealkylation sites (tertiary alicyclic amines) is 1. The van der Waals surface area contributed by atoms with E-state index in [0.717, 1.165) is 19.3 Å². The minimum Gasteiger partial charge on any atom is -0.481 e. The molecule has 0 aromatic heterocycles. The van der Waals surface area contributed by atoms with Gasteiger partial charge in [0.1, 0.15) is 6.04 Å². The highest BCUT2D eigenvalue weighted by molar-refractivity contribution is 5.87. The highest BCUT2D eigenvalue weighted by Crippen LogP contribution is 2.38. The zero-order chi connectivity index (χ0) is 17.2. The fraction of sp³-hybridized carbons (Fsp3) is 0.812. The Balaban J connectivity index is 2.10. The Kier molecular flexibility index (Phi) is 5.29. The lowest BCUT2D eigenvalue weighted by Crippen LogP contribution is -2.55. The van der Waals surface area contributed by atoms with Gasteiger partial charge in [-0.15, -0.1) is 0 Å². The molecule has 7 nitrogen and oxygen atoms in total. The molecule has 0 saturated carbocycles. The summed E-state index contributed by atoms with van der Waals surface area (Å²) in [6.45, 7) is 6.00. The van der Waals surface area contributed by atoms with Gasteiger partial charge in [0.05, 0.1) is 17.7 Å². The minimum absolute atomic E-state index is 0.00679. The average molecular weight is 326 g/mol. The van der Waals surface area contributed by atoms with Crippen LogP contribution in [0.3, 0.4) is 0 Å². The van der Waals surface area contributed by atoms with Crippen LogP contribution in [0.15, 0.2) is 0 Å². The Morgan fingerprint density at radius 1 is 1.39 bits per heavy atom. The van der Waals surface area contributed by atoms with E-state index in [9.17, 15) is 14.4 Å². The number of carbonyl (C=O) groups excluding carboxylic acids is 2. The van der Waals surface area contributed by atoms with Crippen molar-refractivity contribution in [3.63, 3.8) is 0 Å². The number of carbonyl (C=O) groups is 3. The Morgan fingerprint density at radius 3 is 2.70 bits per heavy atom. The Morgan fingerprint density at radius 2 is 2.09 bits per heavy atom. The van der Waals surface area contributed by atoms with Gasteiger partial charge >= 0.3 is 5.97 Å². The molecule has 0 aliphatic carbocycles. The third-order valence-electron chi connectivity index (χ3n) is 4.49. The molecule has 0 aromatic carbocycles. The Bertz CT molecular complexity index is 491. The fourth-order valence-corrected chi connectivity index (χ4v) is 3.61. The maximum Gasteiger partial charge on any atom is 0.303 e. The molecule has 130 valence electrons. The Labute approximate surface area is 136 Å². The lowest BCUT2D eigenvalue weighted by Gasteiger charge is -2.38. The van der Waals surface area contributed by atoms with E-state index in [1.54, 1.807) is 4.90 Å². The number of nitrogens with one attached hydrogen (secondary N) is 1. The summed E-state index contributed by atoms with van der Waals surface area (Å²) in [5.74, 6) is -1.50. The molecule has 2 aliphatic heterocycles. The van der Waals surface area contributed by atoms with Gasteiger partial charge in [-0.3, -0.25) is 14.4 Å². The molecule has 2 N–H and O–H groups in total. The molecule has 2 aliphatic rings. The van der Waals surface area contributed by atoms with Gasteiger partial charge in [-0.05, 0) is 39.5 Å². The van der Waals surface area contributed by atoms with Gasteiger partial charge < -0.3 is 20.1 Å². The summed E-state index contributed by atoms with van der Waals surface area (Å²) in [5.41, 5.74) is -0.261. The molecule has 0 bridgehead atoms. The molecule has 2 fully saturated rings. The summed E-state index contributed by atoms with van der Waals surface area (Å²) < 4.78 is 6.02. The Hall–Kier alpha value is -1.63. The molecular formula is C16H26N2O5. The van der Waals surface area contributed by atoms with Crippen LogP contribution in [0.4, 0.5) is 0 Å². The highest BCUT2D eigenvalue weighted by Gasteiger charge is 2.47. The summed E-state index contributed by atoms with van der Waals surface area (Å²) in [6.07, 6.45) is 2.52. The standard InChI is InChI=1S/C16H26N2O5/c1-10(19)17-11(6-7-14(20)21)15(22)18-8-4-5-13-12(18)9-16(2,3)23-13/h11-13H,4-9H2,1-3H3,(H,17,19)(H,20,21)/t11-,12-,13-/m0/s1. The first-order chi connectivity index (χ1) is 10.7. The number of hydrogen-bond donors (Lipinski definition) is 2. The van der Waals surface area contributed by atoms with Crippen molar-refractivity contribution >= 4 is 17.8 Å². The zero-order valence-electron chi connectivity index (χ0n) is 14.0. The van der Waals surface area contributed by atoms with Crippen molar-refractivity contribution in [3.8, 4) is 0 Å². The van der Waals surface area contributed by atoms with E-state index in [1.165, 1.54) is 6.92 Å². The second kappa shape index (κ2) is 6.86. The number of carboxylic acid groups (broad SMARTS) is 1. The van der Waals surface area contributed by atoms with E-state index >= 15 is 0 Å². The number of carboxylic acids is 1. The van der Waals surface area contributed by atoms with E-state index in [2.05, 4.69) is 5.32 Å². The van der Waals surface area contributed by atoms with Crippen LogP contribution in [0.2, 0.25) is 0 Å². The van der Waals surface area contributed by atoms with Gasteiger partial charge in [-0.2, -0.15) is 0 Å². The summed E-state index contributed by atoms with van der Waals surface area (Å²) in [5, 5.41) is 11.4. The largest absolute Gasteiger partial charge is 0.481 e. The molecule has 2 amide bonds. The van der Waals surface area contributed by atoms with Gasteiger partial charge in [-0.1, -0.05) is 0 Å². The first-order valence-corrected chi connectivity index (χ1v) is 8.17. The zero-order valence-corrected chi connectivity index (χ0v) is 14.0. The van der Waals surface area contributed by atoms with Gasteiger partial charge in [-0.25, -0.2) is 0 Å². The second-order valence-electron chi connectivity index (χ2n) is 7.05. The van der Waals surface area contributed by atoms with Crippen molar-refractivity contribution in [3.05, 3.63) is 0 Å². The molecule has 2 heterocycles. The molecule has 7 heteroatoms. The van der Waals surface area contributed by atoms with Crippen LogP contribution in [0.1, 0.15) is 52.9 Å². The van der Waals surface area contributed by atoms with Crippen molar-refractivity contribution in [1.29, 1.82) is 0 Å². The minimum atomic E-state index is -0.977. The third kappa shape index (κ3) is 4.43. The van der Waals surface area contributed by atoms with E-state index < -0.39 is 12.0 Å². The number of rotatable bonds is 5. The van der Waals surface area contributed by atoms with Crippen LogP contribution in [0.25, 0.3) is 0 Å². The normalized spacial score (nSPS) is 27.2. The van der Waals surface area contributed by atoms with Gasteiger partial charge in [0, 0.05) is 19.9 Å². The molecule has 23 heavy (non-hydrogen) atoms. The molecule has 0 unspecified atom stereocenters. The molecule has 0 spiro atoms. The van der Waals surface area contributed by atoms with Crippen LogP contribution in [-0.2, 0) is 19.1 Å². The SMILES string of the molecule is CC(=O)N[C@@H](CCC(=O)O)C(=O)N1CCC[C@@H]2OC(C)(C)C[C@@H]21. The number of fused-ring (bicyclic) bond motifs is 1. The van der Waals surface area contributed by atoms with Crippen LogP contribution in [0.5, 0.6) is 0 Å². The van der Waals surface area contributed by atoms with E-state index in [4.69, 9.17) is 9.84 Å². The van der Waals surface area contributed by atoms with Gasteiger partial charge in [0.15, 0.2) is 0 Å². The van der Waals surface area contributed by atoms with E-state index in [-0.39, 0.29) is 42.4 Å². The molecular weight excluding hydrogens is 300 g/mol. The molecule has 3 atom stereocenters. The van der Waals surface area contributed by atoms with Crippen LogP contribution in [0, 0.1) is 0 Å².